The number of benzene rings is 2. The molecule has 1 N–H and O–H groups in total. The molecular formula is C28H27ClN2O6. The number of nitrogens with one attached hydrogen (secondary N) is 1. The van der Waals surface area contributed by atoms with Crippen molar-refractivity contribution in [1.82, 2.24) is 10.3 Å². The van der Waals surface area contributed by atoms with Gasteiger partial charge in [0, 0.05) is 35.6 Å². The first kappa shape index (κ1) is 26.0. The molecule has 0 bridgehead atoms. The van der Waals surface area contributed by atoms with E-state index in [9.17, 15) is 9.59 Å². The minimum Gasteiger partial charge on any atom is -0.495 e. The summed E-state index contributed by atoms with van der Waals surface area (Å²) in [5, 5.41) is 3.39. The number of pyridine rings is 1. The summed E-state index contributed by atoms with van der Waals surface area (Å²) in [5.41, 5.74) is 1.94. The van der Waals surface area contributed by atoms with Crippen LogP contribution in [0.5, 0.6) is 11.5 Å². The largest absolute Gasteiger partial charge is 0.495 e. The Hall–Kier alpha value is -4.04. The average Bonchev–Trinajstić information content (AvgIpc) is 2.86. The second kappa shape index (κ2) is 10.5. The van der Waals surface area contributed by atoms with Crippen molar-refractivity contribution in [2.45, 2.75) is 32.9 Å². The van der Waals surface area contributed by atoms with Crippen LogP contribution >= 0.6 is 11.6 Å². The van der Waals surface area contributed by atoms with Crippen LogP contribution in [0.4, 0.5) is 4.79 Å². The summed E-state index contributed by atoms with van der Waals surface area (Å²) in [6.07, 6.45) is 2.77. The molecule has 2 heterocycles. The summed E-state index contributed by atoms with van der Waals surface area (Å²) in [7, 11) is 2.93. The van der Waals surface area contributed by atoms with E-state index in [-0.39, 0.29) is 23.5 Å². The molecule has 4 rings (SSSR count). The Balaban J connectivity index is 1.90. The summed E-state index contributed by atoms with van der Waals surface area (Å²) in [4.78, 5) is 30.1. The van der Waals surface area contributed by atoms with E-state index in [1.807, 2.05) is 12.1 Å². The number of amides is 1. The lowest BCUT2D eigenvalue weighted by atomic mass is 9.99. The number of alkyl carbamates (subject to hydrolysis) is 1. The maximum atomic E-state index is 13.7. The molecule has 0 aliphatic rings. The Morgan fingerprint density at radius 3 is 2.49 bits per heavy atom. The number of halogens is 1. The van der Waals surface area contributed by atoms with Gasteiger partial charge in [0.1, 0.15) is 16.9 Å². The number of carbonyl (C=O) groups is 1. The topological polar surface area (TPSA) is 99.9 Å². The predicted molar refractivity (Wildman–Crippen MR) is 142 cm³/mol. The zero-order valence-electron chi connectivity index (χ0n) is 21.2. The van der Waals surface area contributed by atoms with E-state index in [1.165, 1.54) is 14.2 Å². The van der Waals surface area contributed by atoms with Crippen LogP contribution in [0.15, 0.2) is 64.1 Å². The molecule has 0 spiro atoms. The minimum atomic E-state index is -0.635. The second-order valence-electron chi connectivity index (χ2n) is 9.26. The number of fused-ring (bicyclic) bond motifs is 1. The average molecular weight is 523 g/mol. The van der Waals surface area contributed by atoms with Gasteiger partial charge in [-0.3, -0.25) is 9.78 Å². The fraction of sp³-hybridized carbons (Fsp3) is 0.250. The first-order valence-electron chi connectivity index (χ1n) is 11.5. The number of aromatic nitrogens is 1. The number of hydrogen-bond donors (Lipinski definition) is 1. The lowest BCUT2D eigenvalue weighted by Crippen LogP contribution is -2.32. The van der Waals surface area contributed by atoms with E-state index >= 15 is 0 Å². The highest BCUT2D eigenvalue weighted by molar-refractivity contribution is 6.32. The van der Waals surface area contributed by atoms with Gasteiger partial charge < -0.3 is 23.9 Å². The van der Waals surface area contributed by atoms with E-state index in [0.29, 0.717) is 38.4 Å². The van der Waals surface area contributed by atoms with Gasteiger partial charge in [-0.05, 0) is 62.7 Å². The molecule has 9 heteroatoms. The summed E-state index contributed by atoms with van der Waals surface area (Å²) < 4.78 is 22.4. The van der Waals surface area contributed by atoms with Gasteiger partial charge in [-0.15, -0.1) is 0 Å². The van der Waals surface area contributed by atoms with Crippen molar-refractivity contribution in [2.75, 3.05) is 14.2 Å². The Kier molecular flexibility index (Phi) is 7.40. The zero-order valence-corrected chi connectivity index (χ0v) is 21.9. The van der Waals surface area contributed by atoms with Gasteiger partial charge in [0.25, 0.3) is 0 Å². The van der Waals surface area contributed by atoms with E-state index in [0.717, 1.165) is 5.56 Å². The summed E-state index contributed by atoms with van der Waals surface area (Å²) >= 11 is 6.34. The Morgan fingerprint density at radius 1 is 1.08 bits per heavy atom. The second-order valence-corrected chi connectivity index (χ2v) is 9.67. The Morgan fingerprint density at radius 2 is 1.86 bits per heavy atom. The van der Waals surface area contributed by atoms with E-state index in [4.69, 9.17) is 30.2 Å². The number of hydrogen-bond acceptors (Lipinski definition) is 7. The molecule has 0 saturated carbocycles. The van der Waals surface area contributed by atoms with Crippen molar-refractivity contribution >= 4 is 28.7 Å². The van der Waals surface area contributed by atoms with Crippen molar-refractivity contribution in [3.63, 3.8) is 0 Å². The Bertz CT molecular complexity index is 1510. The van der Waals surface area contributed by atoms with Gasteiger partial charge in [-0.25, -0.2) is 4.79 Å². The molecule has 0 aliphatic heterocycles. The molecule has 0 unspecified atom stereocenters. The molecule has 0 fully saturated rings. The van der Waals surface area contributed by atoms with Crippen LogP contribution in [0.25, 0.3) is 33.4 Å². The molecule has 8 nitrogen and oxygen atoms in total. The van der Waals surface area contributed by atoms with Crippen molar-refractivity contribution < 1.29 is 23.4 Å². The van der Waals surface area contributed by atoms with Crippen LogP contribution in [0.2, 0.25) is 5.02 Å². The molecule has 2 aromatic heterocycles. The molecule has 0 radical (unpaired) electrons. The third-order valence-electron chi connectivity index (χ3n) is 5.44. The third-order valence-corrected chi connectivity index (χ3v) is 5.73. The van der Waals surface area contributed by atoms with Gasteiger partial charge in [-0.2, -0.15) is 0 Å². The first-order chi connectivity index (χ1) is 17.6. The quantitative estimate of drug-likeness (QED) is 0.321. The maximum Gasteiger partial charge on any atom is 0.407 e. The summed E-state index contributed by atoms with van der Waals surface area (Å²) in [6, 6.07) is 12.2. The van der Waals surface area contributed by atoms with Gasteiger partial charge in [0.15, 0.2) is 5.76 Å². The molecule has 192 valence electrons. The number of ether oxygens (including phenoxy) is 3. The lowest BCUT2D eigenvalue weighted by molar-refractivity contribution is 0.0523. The van der Waals surface area contributed by atoms with Gasteiger partial charge in [0.2, 0.25) is 11.2 Å². The van der Waals surface area contributed by atoms with Crippen molar-refractivity contribution in [3.8, 4) is 33.9 Å². The molecule has 0 saturated heterocycles. The van der Waals surface area contributed by atoms with Crippen molar-refractivity contribution in [3.05, 3.63) is 75.7 Å². The zero-order chi connectivity index (χ0) is 26.7. The minimum absolute atomic E-state index is 0.0307. The molecule has 4 aromatic rings. The molecule has 2 aromatic carbocycles. The number of rotatable bonds is 6. The maximum absolute atomic E-state index is 13.7. The van der Waals surface area contributed by atoms with Crippen molar-refractivity contribution in [1.29, 1.82) is 0 Å². The lowest BCUT2D eigenvalue weighted by Gasteiger charge is -2.20. The van der Waals surface area contributed by atoms with Crippen LogP contribution in [0.3, 0.4) is 0 Å². The summed E-state index contributed by atoms with van der Waals surface area (Å²) in [6.45, 7) is 5.49. The molecule has 0 aliphatic carbocycles. The highest BCUT2D eigenvalue weighted by Gasteiger charge is 2.22. The fourth-order valence-corrected chi connectivity index (χ4v) is 4.11. The highest BCUT2D eigenvalue weighted by Crippen LogP contribution is 2.38. The highest BCUT2D eigenvalue weighted by atomic mass is 35.5. The molecule has 0 atom stereocenters. The van der Waals surface area contributed by atoms with E-state index in [2.05, 4.69) is 10.3 Å². The van der Waals surface area contributed by atoms with E-state index < -0.39 is 11.7 Å². The monoisotopic (exact) mass is 522 g/mol. The van der Waals surface area contributed by atoms with Crippen LogP contribution in [0, 0.1) is 0 Å². The number of carbonyl (C=O) groups excluding carboxylic acids is 1. The van der Waals surface area contributed by atoms with Crippen molar-refractivity contribution in [2.24, 2.45) is 0 Å². The summed E-state index contributed by atoms with van der Waals surface area (Å²) in [5.74, 6) is 0.753. The standard InChI is InChI=1S/C28H27ClN2O6/c1-28(2,3)37-27(33)31-14-16-11-19(18-7-6-10-30-15-18)25-20(12-16)23(32)26(35-5)24(36-25)17-8-9-22(34-4)21(29)13-17/h6-13,15H,14H2,1-5H3,(H,31,33). The third kappa shape index (κ3) is 5.70. The van der Waals surface area contributed by atoms with Crippen LogP contribution in [0.1, 0.15) is 26.3 Å². The fourth-order valence-electron chi connectivity index (χ4n) is 3.85. The SMILES string of the molecule is COc1ccc(-c2oc3c(-c4cccnc4)cc(CNC(=O)OC(C)(C)C)cc3c(=O)c2OC)cc1Cl. The van der Waals surface area contributed by atoms with Gasteiger partial charge in [0.05, 0.1) is 24.6 Å². The predicted octanol–water partition coefficient (Wildman–Crippen LogP) is 6.22. The molecule has 37 heavy (non-hydrogen) atoms. The van der Waals surface area contributed by atoms with Gasteiger partial charge >= 0.3 is 6.09 Å². The van der Waals surface area contributed by atoms with E-state index in [1.54, 1.807) is 63.5 Å². The Labute approximate surface area is 219 Å². The first-order valence-corrected chi connectivity index (χ1v) is 11.9. The smallest absolute Gasteiger partial charge is 0.407 e. The van der Waals surface area contributed by atoms with Gasteiger partial charge in [-0.1, -0.05) is 17.7 Å². The normalized spacial score (nSPS) is 11.3. The number of methoxy groups -OCH3 is 2. The van der Waals surface area contributed by atoms with Crippen LogP contribution < -0.4 is 20.2 Å². The molecular weight excluding hydrogens is 496 g/mol. The van der Waals surface area contributed by atoms with Crippen LogP contribution in [-0.4, -0.2) is 30.9 Å². The number of nitrogens with zero attached hydrogens (tertiary/aromatic N) is 1. The van der Waals surface area contributed by atoms with Crippen LogP contribution in [-0.2, 0) is 11.3 Å². The molecule has 1 amide bonds.